The molecule has 1 rings (SSSR count). The Bertz CT molecular complexity index is 255. The van der Waals surface area contributed by atoms with Crippen molar-refractivity contribution in [3.63, 3.8) is 0 Å². The summed E-state index contributed by atoms with van der Waals surface area (Å²) < 4.78 is 0. The van der Waals surface area contributed by atoms with Crippen molar-refractivity contribution in [1.29, 1.82) is 0 Å². The van der Waals surface area contributed by atoms with E-state index in [0.717, 1.165) is 11.2 Å². The van der Waals surface area contributed by atoms with Crippen molar-refractivity contribution in [2.45, 2.75) is 26.2 Å². The van der Waals surface area contributed by atoms with Crippen molar-refractivity contribution in [2.75, 3.05) is 0 Å². The molecule has 1 aromatic rings. The summed E-state index contributed by atoms with van der Waals surface area (Å²) in [6, 6.07) is 3.90. The zero-order valence-electron chi connectivity index (χ0n) is 7.05. The molecule has 1 nitrogen and oxygen atoms in total. The minimum atomic E-state index is 0.173. The van der Waals surface area contributed by atoms with E-state index in [1.807, 2.05) is 12.1 Å². The lowest BCUT2D eigenvalue weighted by molar-refractivity contribution is 0.112. The van der Waals surface area contributed by atoms with Gasteiger partial charge in [-0.25, -0.2) is 0 Å². The van der Waals surface area contributed by atoms with E-state index in [4.69, 9.17) is 0 Å². The standard InChI is InChI=1S/C9H12OS/c1-9(2,3)8-5-4-7(6-10)11-8/h4-6H,1-3H3. The molecule has 0 unspecified atom stereocenters. The lowest BCUT2D eigenvalue weighted by atomic mass is 9.95. The summed E-state index contributed by atoms with van der Waals surface area (Å²) >= 11 is 1.57. The predicted octanol–water partition coefficient (Wildman–Crippen LogP) is 2.86. The minimum absolute atomic E-state index is 0.173. The number of carbonyl (C=O) groups excluding carboxylic acids is 1. The average Bonchev–Trinajstić information content (AvgIpc) is 2.32. The van der Waals surface area contributed by atoms with Crippen molar-refractivity contribution in [3.8, 4) is 0 Å². The lowest BCUT2D eigenvalue weighted by Crippen LogP contribution is -2.07. The van der Waals surface area contributed by atoms with Crippen LogP contribution in [0.15, 0.2) is 12.1 Å². The van der Waals surface area contributed by atoms with Crippen LogP contribution in [0.3, 0.4) is 0 Å². The van der Waals surface area contributed by atoms with Crippen LogP contribution in [0.1, 0.15) is 35.3 Å². The molecule has 0 aliphatic heterocycles. The van der Waals surface area contributed by atoms with E-state index in [1.54, 1.807) is 11.3 Å². The zero-order chi connectivity index (χ0) is 8.48. The Morgan fingerprint density at radius 2 is 2.00 bits per heavy atom. The summed E-state index contributed by atoms with van der Waals surface area (Å²) in [5, 5.41) is 0. The smallest absolute Gasteiger partial charge is 0.160 e. The maximum atomic E-state index is 10.4. The summed E-state index contributed by atoms with van der Waals surface area (Å²) in [5.41, 5.74) is 0.173. The van der Waals surface area contributed by atoms with Crippen LogP contribution in [-0.2, 0) is 5.41 Å². The van der Waals surface area contributed by atoms with Gasteiger partial charge in [0.15, 0.2) is 6.29 Å². The first-order valence-electron chi connectivity index (χ1n) is 3.59. The molecule has 0 bridgehead atoms. The van der Waals surface area contributed by atoms with Crippen LogP contribution in [0, 0.1) is 0 Å². The van der Waals surface area contributed by atoms with Crippen molar-refractivity contribution in [1.82, 2.24) is 0 Å². The van der Waals surface area contributed by atoms with Gasteiger partial charge in [-0.05, 0) is 17.5 Å². The van der Waals surface area contributed by atoms with Crippen molar-refractivity contribution < 1.29 is 4.79 Å². The maximum Gasteiger partial charge on any atom is 0.160 e. The summed E-state index contributed by atoms with van der Waals surface area (Å²) in [6.07, 6.45) is 0.903. The number of thiophene rings is 1. The molecular formula is C9H12OS. The zero-order valence-corrected chi connectivity index (χ0v) is 7.87. The van der Waals surface area contributed by atoms with Gasteiger partial charge < -0.3 is 0 Å². The van der Waals surface area contributed by atoms with Gasteiger partial charge in [0.25, 0.3) is 0 Å². The average molecular weight is 168 g/mol. The number of hydrogen-bond acceptors (Lipinski definition) is 2. The highest BCUT2D eigenvalue weighted by atomic mass is 32.1. The molecule has 0 amide bonds. The van der Waals surface area contributed by atoms with Crippen LogP contribution in [0.2, 0.25) is 0 Å². The van der Waals surface area contributed by atoms with Crippen LogP contribution in [-0.4, -0.2) is 6.29 Å². The highest BCUT2D eigenvalue weighted by Gasteiger charge is 2.15. The Morgan fingerprint density at radius 1 is 1.36 bits per heavy atom. The second-order valence-electron chi connectivity index (χ2n) is 3.57. The van der Waals surface area contributed by atoms with Crippen LogP contribution in [0.5, 0.6) is 0 Å². The number of carbonyl (C=O) groups is 1. The molecule has 0 atom stereocenters. The van der Waals surface area contributed by atoms with Crippen molar-refractivity contribution >= 4 is 17.6 Å². The highest BCUT2D eigenvalue weighted by molar-refractivity contribution is 7.13. The van der Waals surface area contributed by atoms with E-state index in [9.17, 15) is 4.79 Å². The number of rotatable bonds is 1. The molecule has 0 saturated carbocycles. The first-order chi connectivity index (χ1) is 5.04. The topological polar surface area (TPSA) is 17.1 Å². The van der Waals surface area contributed by atoms with Crippen LogP contribution >= 0.6 is 11.3 Å². The van der Waals surface area contributed by atoms with Gasteiger partial charge in [-0.3, -0.25) is 4.79 Å². The minimum Gasteiger partial charge on any atom is -0.297 e. The van der Waals surface area contributed by atoms with Crippen LogP contribution in [0.4, 0.5) is 0 Å². The molecule has 60 valence electrons. The molecule has 0 spiro atoms. The number of aldehydes is 1. The molecule has 0 aromatic carbocycles. The quantitative estimate of drug-likeness (QED) is 0.589. The van der Waals surface area contributed by atoms with Crippen LogP contribution in [0.25, 0.3) is 0 Å². The second-order valence-corrected chi connectivity index (χ2v) is 4.69. The van der Waals surface area contributed by atoms with Crippen LogP contribution < -0.4 is 0 Å². The van der Waals surface area contributed by atoms with Gasteiger partial charge in [-0.15, -0.1) is 11.3 Å². The Labute approximate surface area is 71.1 Å². The Morgan fingerprint density at radius 3 is 2.27 bits per heavy atom. The third kappa shape index (κ3) is 1.90. The van der Waals surface area contributed by atoms with Gasteiger partial charge in [-0.2, -0.15) is 0 Å². The highest BCUT2D eigenvalue weighted by Crippen LogP contribution is 2.28. The first kappa shape index (κ1) is 8.47. The Balaban J connectivity index is 2.98. The second kappa shape index (κ2) is 2.78. The third-order valence-electron chi connectivity index (χ3n) is 1.48. The third-order valence-corrected chi connectivity index (χ3v) is 2.92. The molecule has 1 heterocycles. The van der Waals surface area contributed by atoms with Gasteiger partial charge in [-0.1, -0.05) is 20.8 Å². The summed E-state index contributed by atoms with van der Waals surface area (Å²) in [7, 11) is 0. The van der Waals surface area contributed by atoms with E-state index in [2.05, 4.69) is 20.8 Å². The number of hydrogen-bond donors (Lipinski definition) is 0. The normalized spacial score (nSPS) is 11.5. The van der Waals surface area contributed by atoms with E-state index >= 15 is 0 Å². The summed E-state index contributed by atoms with van der Waals surface area (Å²) in [4.78, 5) is 12.4. The molecule has 0 aliphatic rings. The molecule has 0 aliphatic carbocycles. The molecule has 0 saturated heterocycles. The fourth-order valence-corrected chi connectivity index (χ4v) is 1.70. The molecule has 0 N–H and O–H groups in total. The van der Waals surface area contributed by atoms with E-state index < -0.39 is 0 Å². The monoisotopic (exact) mass is 168 g/mol. The first-order valence-corrected chi connectivity index (χ1v) is 4.41. The summed E-state index contributed by atoms with van der Waals surface area (Å²) in [5.74, 6) is 0. The SMILES string of the molecule is CC(C)(C)c1ccc(C=O)s1. The van der Waals surface area contributed by atoms with E-state index in [0.29, 0.717) is 0 Å². The van der Waals surface area contributed by atoms with Crippen molar-refractivity contribution in [3.05, 3.63) is 21.9 Å². The predicted molar refractivity (Wildman–Crippen MR) is 48.4 cm³/mol. The van der Waals surface area contributed by atoms with Gasteiger partial charge in [0.1, 0.15) is 0 Å². The van der Waals surface area contributed by atoms with Gasteiger partial charge in [0.05, 0.1) is 4.88 Å². The molecule has 2 heteroatoms. The molecule has 0 fully saturated rings. The van der Waals surface area contributed by atoms with Crippen molar-refractivity contribution in [2.24, 2.45) is 0 Å². The Hall–Kier alpha value is -0.630. The summed E-state index contributed by atoms with van der Waals surface area (Å²) in [6.45, 7) is 6.44. The lowest BCUT2D eigenvalue weighted by Gasteiger charge is -2.14. The van der Waals surface area contributed by atoms with E-state index in [-0.39, 0.29) is 5.41 Å². The molecular weight excluding hydrogens is 156 g/mol. The maximum absolute atomic E-state index is 10.4. The fourth-order valence-electron chi connectivity index (χ4n) is 0.819. The van der Waals surface area contributed by atoms with E-state index in [1.165, 1.54) is 4.88 Å². The fraction of sp³-hybridized carbons (Fsp3) is 0.444. The molecule has 1 aromatic heterocycles. The Kier molecular flexibility index (Phi) is 2.14. The van der Waals surface area contributed by atoms with Gasteiger partial charge in [0, 0.05) is 4.88 Å². The van der Waals surface area contributed by atoms with Gasteiger partial charge >= 0.3 is 0 Å². The molecule has 0 radical (unpaired) electrons. The largest absolute Gasteiger partial charge is 0.297 e. The van der Waals surface area contributed by atoms with Gasteiger partial charge in [0.2, 0.25) is 0 Å². The molecule has 11 heavy (non-hydrogen) atoms.